The summed E-state index contributed by atoms with van der Waals surface area (Å²) in [6, 6.07) is 5.13. The summed E-state index contributed by atoms with van der Waals surface area (Å²) in [5, 5.41) is 0.296. The van der Waals surface area contributed by atoms with Gasteiger partial charge in [0.1, 0.15) is 5.82 Å². The largest absolute Gasteiger partial charge is 0.494 e. The van der Waals surface area contributed by atoms with Gasteiger partial charge in [-0.15, -0.1) is 0 Å². The molecule has 1 aromatic heterocycles. The second-order valence-corrected chi connectivity index (χ2v) is 7.15. The summed E-state index contributed by atoms with van der Waals surface area (Å²) < 4.78 is 18.8. The van der Waals surface area contributed by atoms with Gasteiger partial charge < -0.3 is 9.64 Å². The monoisotopic (exact) mass is 361 g/mol. The van der Waals surface area contributed by atoms with Crippen LogP contribution in [0, 0.1) is 5.82 Å². The molecular weight excluding hydrogens is 341 g/mol. The molecule has 0 bridgehead atoms. The molecule has 0 amide bonds. The highest BCUT2D eigenvalue weighted by Gasteiger charge is 2.42. The molecule has 4 rings (SSSR count). The third-order valence-corrected chi connectivity index (χ3v) is 5.40. The summed E-state index contributed by atoms with van der Waals surface area (Å²) in [5.41, 5.74) is 2.25. The fourth-order valence-corrected chi connectivity index (χ4v) is 3.92. The number of aromatic nitrogens is 2. The zero-order valence-electron chi connectivity index (χ0n) is 14.2. The van der Waals surface area contributed by atoms with Crippen LogP contribution in [0.5, 0.6) is 5.75 Å². The first-order valence-corrected chi connectivity index (χ1v) is 9.16. The van der Waals surface area contributed by atoms with E-state index in [9.17, 15) is 4.39 Å². The van der Waals surface area contributed by atoms with Gasteiger partial charge in [0.15, 0.2) is 11.6 Å². The first kappa shape index (κ1) is 16.6. The molecule has 1 aliphatic heterocycles. The van der Waals surface area contributed by atoms with Crippen molar-refractivity contribution in [1.82, 2.24) is 9.97 Å². The SMILES string of the molecule is COc1cc([C@@H]2C[C@H]2c2cnc(Cl)nc2N2CCCCC2)ccc1F. The summed E-state index contributed by atoms with van der Waals surface area (Å²) in [6.07, 6.45) is 6.52. The van der Waals surface area contributed by atoms with E-state index in [-0.39, 0.29) is 5.82 Å². The minimum absolute atomic E-state index is 0.296. The first-order valence-electron chi connectivity index (χ1n) is 8.78. The molecule has 0 radical (unpaired) electrons. The van der Waals surface area contributed by atoms with Crippen molar-refractivity contribution in [2.45, 2.75) is 37.5 Å². The molecule has 2 aromatic rings. The first-order chi connectivity index (χ1) is 12.2. The van der Waals surface area contributed by atoms with Crippen molar-refractivity contribution >= 4 is 17.4 Å². The fourth-order valence-electron chi connectivity index (χ4n) is 3.80. The normalized spacial score (nSPS) is 22.8. The third kappa shape index (κ3) is 3.30. The van der Waals surface area contributed by atoms with Crippen LogP contribution in [0.1, 0.15) is 48.6 Å². The summed E-state index contributed by atoms with van der Waals surface area (Å²) in [7, 11) is 1.49. The third-order valence-electron chi connectivity index (χ3n) is 5.22. The Morgan fingerprint density at radius 2 is 2.00 bits per heavy atom. The van der Waals surface area contributed by atoms with Gasteiger partial charge in [0, 0.05) is 24.8 Å². The number of hydrogen-bond acceptors (Lipinski definition) is 4. The summed E-state index contributed by atoms with van der Waals surface area (Å²) in [5.74, 6) is 1.65. The number of benzene rings is 1. The molecule has 2 heterocycles. The topological polar surface area (TPSA) is 38.3 Å². The number of rotatable bonds is 4. The van der Waals surface area contributed by atoms with Crippen LogP contribution in [0.15, 0.2) is 24.4 Å². The minimum Gasteiger partial charge on any atom is -0.494 e. The van der Waals surface area contributed by atoms with Crippen molar-refractivity contribution in [3.63, 3.8) is 0 Å². The van der Waals surface area contributed by atoms with Crippen LogP contribution in [-0.4, -0.2) is 30.2 Å². The predicted molar refractivity (Wildman–Crippen MR) is 96.2 cm³/mol. The van der Waals surface area contributed by atoms with Crippen LogP contribution in [0.2, 0.25) is 5.28 Å². The van der Waals surface area contributed by atoms with Crippen molar-refractivity contribution in [3.05, 3.63) is 46.6 Å². The molecule has 1 aromatic carbocycles. The zero-order valence-corrected chi connectivity index (χ0v) is 15.0. The molecule has 1 aliphatic carbocycles. The molecule has 0 unspecified atom stereocenters. The van der Waals surface area contributed by atoms with E-state index < -0.39 is 0 Å². The molecule has 25 heavy (non-hydrogen) atoms. The van der Waals surface area contributed by atoms with Crippen LogP contribution in [0.3, 0.4) is 0 Å². The fraction of sp³-hybridized carbons (Fsp3) is 0.474. The lowest BCUT2D eigenvalue weighted by Crippen LogP contribution is -2.31. The smallest absolute Gasteiger partial charge is 0.224 e. The number of hydrogen-bond donors (Lipinski definition) is 0. The summed E-state index contributed by atoms with van der Waals surface area (Å²) in [6.45, 7) is 2.03. The highest BCUT2D eigenvalue weighted by Crippen LogP contribution is 2.56. The predicted octanol–water partition coefficient (Wildman–Crippen LogP) is 4.54. The van der Waals surface area contributed by atoms with Gasteiger partial charge in [-0.25, -0.2) is 14.4 Å². The maximum atomic E-state index is 13.7. The van der Waals surface area contributed by atoms with E-state index in [2.05, 4.69) is 14.9 Å². The van der Waals surface area contributed by atoms with Gasteiger partial charge in [0.2, 0.25) is 5.28 Å². The van der Waals surface area contributed by atoms with Gasteiger partial charge in [-0.2, -0.15) is 0 Å². The van der Waals surface area contributed by atoms with Crippen LogP contribution in [0.4, 0.5) is 10.2 Å². The van der Waals surface area contributed by atoms with Gasteiger partial charge in [0.25, 0.3) is 0 Å². The molecule has 4 nitrogen and oxygen atoms in total. The molecular formula is C19H21ClFN3O. The molecule has 2 aliphatic rings. The number of nitrogens with zero attached hydrogens (tertiary/aromatic N) is 3. The second kappa shape index (κ2) is 6.79. The number of piperidine rings is 1. The quantitative estimate of drug-likeness (QED) is 0.749. The molecule has 2 atom stereocenters. The Morgan fingerprint density at radius 3 is 2.76 bits per heavy atom. The van der Waals surface area contributed by atoms with Crippen LogP contribution >= 0.6 is 11.6 Å². The van der Waals surface area contributed by atoms with Gasteiger partial charge in [-0.05, 0) is 66.8 Å². The molecule has 2 fully saturated rings. The minimum atomic E-state index is -0.327. The lowest BCUT2D eigenvalue weighted by atomic mass is 10.0. The summed E-state index contributed by atoms with van der Waals surface area (Å²) in [4.78, 5) is 11.1. The van der Waals surface area contributed by atoms with Gasteiger partial charge in [-0.1, -0.05) is 6.07 Å². The van der Waals surface area contributed by atoms with Crippen molar-refractivity contribution in [3.8, 4) is 5.75 Å². The summed E-state index contributed by atoms with van der Waals surface area (Å²) >= 11 is 6.06. The number of anilines is 1. The van der Waals surface area contributed by atoms with Crippen molar-refractivity contribution in [1.29, 1.82) is 0 Å². The molecule has 0 N–H and O–H groups in total. The number of methoxy groups -OCH3 is 1. The van der Waals surface area contributed by atoms with E-state index in [4.69, 9.17) is 16.3 Å². The molecule has 1 saturated heterocycles. The molecule has 0 spiro atoms. The molecule has 1 saturated carbocycles. The van der Waals surface area contributed by atoms with Crippen molar-refractivity contribution < 1.29 is 9.13 Å². The zero-order chi connectivity index (χ0) is 17.4. The maximum absolute atomic E-state index is 13.7. The second-order valence-electron chi connectivity index (χ2n) is 6.81. The average Bonchev–Trinajstić information content (AvgIpc) is 3.43. The molecule has 6 heteroatoms. The number of ether oxygens (including phenoxy) is 1. The van der Waals surface area contributed by atoms with E-state index in [0.717, 1.165) is 36.5 Å². The Balaban J connectivity index is 1.61. The average molecular weight is 362 g/mol. The highest BCUT2D eigenvalue weighted by atomic mass is 35.5. The van der Waals surface area contributed by atoms with E-state index in [1.54, 1.807) is 6.07 Å². The van der Waals surface area contributed by atoms with Crippen molar-refractivity contribution in [2.75, 3.05) is 25.1 Å². The Kier molecular flexibility index (Phi) is 4.50. The lowest BCUT2D eigenvalue weighted by Gasteiger charge is -2.29. The Bertz CT molecular complexity index is 779. The van der Waals surface area contributed by atoms with Crippen LogP contribution in [-0.2, 0) is 0 Å². The van der Waals surface area contributed by atoms with Gasteiger partial charge in [0.05, 0.1) is 7.11 Å². The van der Waals surface area contributed by atoms with E-state index in [0.29, 0.717) is 22.9 Å². The van der Waals surface area contributed by atoms with Gasteiger partial charge in [-0.3, -0.25) is 0 Å². The lowest BCUT2D eigenvalue weighted by molar-refractivity contribution is 0.386. The van der Waals surface area contributed by atoms with Gasteiger partial charge >= 0.3 is 0 Å². The molecule has 132 valence electrons. The number of halogens is 2. The maximum Gasteiger partial charge on any atom is 0.224 e. The van der Waals surface area contributed by atoms with E-state index in [1.165, 1.54) is 32.4 Å². The van der Waals surface area contributed by atoms with E-state index in [1.807, 2.05) is 12.3 Å². The van der Waals surface area contributed by atoms with Crippen molar-refractivity contribution in [2.24, 2.45) is 0 Å². The van der Waals surface area contributed by atoms with E-state index >= 15 is 0 Å². The Hall–Kier alpha value is -1.88. The Labute approximate surface area is 152 Å². The Morgan fingerprint density at radius 1 is 1.20 bits per heavy atom. The van der Waals surface area contributed by atoms with Crippen LogP contribution in [0.25, 0.3) is 0 Å². The standard InChI is InChI=1S/C19H21ClFN3O/c1-25-17-9-12(5-6-16(17)21)13-10-14(13)15-11-22-19(20)23-18(15)24-7-3-2-4-8-24/h5-6,9,11,13-14H,2-4,7-8,10H2,1H3/t13-,14+/m0/s1. The van der Waals surface area contributed by atoms with Crippen LogP contribution < -0.4 is 9.64 Å². The highest BCUT2D eigenvalue weighted by molar-refractivity contribution is 6.28.